The minimum atomic E-state index is -0.212. The maximum absolute atomic E-state index is 12.3. The fourth-order valence-electron chi connectivity index (χ4n) is 3.48. The summed E-state index contributed by atoms with van der Waals surface area (Å²) in [6, 6.07) is 9.35. The smallest absolute Gasteiger partial charge is 0.315 e. The van der Waals surface area contributed by atoms with E-state index in [1.54, 1.807) is 17.1 Å². The maximum Gasteiger partial charge on any atom is 0.315 e. The molecule has 0 saturated carbocycles. The molecule has 0 spiro atoms. The topological polar surface area (TPSA) is 88.0 Å². The largest absolute Gasteiger partial charge is 0.356 e. The van der Waals surface area contributed by atoms with Gasteiger partial charge in [-0.15, -0.1) is 0 Å². The zero-order valence-corrected chi connectivity index (χ0v) is 16.3. The number of nitrogens with one attached hydrogen (secondary N) is 2. The normalized spacial score (nSPS) is 13.9. The van der Waals surface area contributed by atoms with Crippen molar-refractivity contribution in [2.75, 3.05) is 18.0 Å². The number of nitrogens with zero attached hydrogens (tertiary/aromatic N) is 5. The average molecular weight is 391 g/mol. The van der Waals surface area contributed by atoms with E-state index in [-0.39, 0.29) is 6.03 Å². The molecule has 4 heterocycles. The number of amides is 2. The van der Waals surface area contributed by atoms with Crippen LogP contribution in [0, 0.1) is 0 Å². The van der Waals surface area contributed by atoms with Crippen molar-refractivity contribution in [3.63, 3.8) is 0 Å². The third kappa shape index (κ3) is 4.90. The summed E-state index contributed by atoms with van der Waals surface area (Å²) in [5.74, 6) is 1.70. The Morgan fingerprint density at radius 1 is 0.966 bits per heavy atom. The van der Waals surface area contributed by atoms with Gasteiger partial charge in [0.15, 0.2) is 5.82 Å². The molecule has 8 nitrogen and oxygen atoms in total. The Bertz CT molecular complexity index is 936. The molecule has 1 aliphatic rings. The Kier molecular flexibility index (Phi) is 5.99. The molecule has 0 atom stereocenters. The second-order valence-electron chi connectivity index (χ2n) is 7.04. The number of piperidine rings is 1. The lowest BCUT2D eigenvalue weighted by atomic mass is 10.1. The molecule has 8 heteroatoms. The van der Waals surface area contributed by atoms with Gasteiger partial charge in [-0.3, -0.25) is 0 Å². The van der Waals surface area contributed by atoms with Gasteiger partial charge in [0, 0.05) is 56.5 Å². The summed E-state index contributed by atoms with van der Waals surface area (Å²) in [4.78, 5) is 23.5. The molecule has 1 aliphatic heterocycles. The molecule has 0 unspecified atom stereocenters. The molecule has 1 saturated heterocycles. The highest BCUT2D eigenvalue weighted by molar-refractivity contribution is 5.74. The van der Waals surface area contributed by atoms with E-state index in [9.17, 15) is 4.79 Å². The first kappa shape index (κ1) is 18.9. The monoisotopic (exact) mass is 391 g/mol. The first-order valence-electron chi connectivity index (χ1n) is 9.95. The summed E-state index contributed by atoms with van der Waals surface area (Å²) in [6.45, 7) is 2.91. The molecule has 3 aromatic rings. The van der Waals surface area contributed by atoms with Crippen molar-refractivity contribution < 1.29 is 4.79 Å². The van der Waals surface area contributed by atoms with Crippen molar-refractivity contribution in [2.45, 2.75) is 32.4 Å². The van der Waals surface area contributed by atoms with Crippen molar-refractivity contribution in [1.82, 2.24) is 30.4 Å². The number of hydrogen-bond acceptors (Lipinski definition) is 5. The molecule has 29 heavy (non-hydrogen) atoms. The van der Waals surface area contributed by atoms with Crippen molar-refractivity contribution >= 4 is 11.8 Å². The molecule has 2 N–H and O–H groups in total. The number of aromatic nitrogens is 4. The second-order valence-corrected chi connectivity index (χ2v) is 7.04. The predicted molar refractivity (Wildman–Crippen MR) is 111 cm³/mol. The van der Waals surface area contributed by atoms with Gasteiger partial charge in [-0.2, -0.15) is 5.10 Å². The number of pyridine rings is 2. The van der Waals surface area contributed by atoms with Crippen LogP contribution in [0.2, 0.25) is 0 Å². The van der Waals surface area contributed by atoms with Crippen molar-refractivity contribution in [1.29, 1.82) is 0 Å². The number of anilines is 1. The van der Waals surface area contributed by atoms with E-state index < -0.39 is 0 Å². The molecular formula is C21H25N7O. The average Bonchev–Trinajstić information content (AvgIpc) is 3.32. The number of rotatable bonds is 6. The summed E-state index contributed by atoms with van der Waals surface area (Å²) in [6.07, 6.45) is 10.7. The molecule has 0 radical (unpaired) electrons. The lowest BCUT2D eigenvalue weighted by Crippen LogP contribution is -2.36. The number of hydrogen-bond donors (Lipinski definition) is 2. The van der Waals surface area contributed by atoms with E-state index in [1.807, 2.05) is 42.7 Å². The van der Waals surface area contributed by atoms with Crippen LogP contribution < -0.4 is 15.5 Å². The van der Waals surface area contributed by atoms with Gasteiger partial charge in [-0.05, 0) is 49.1 Å². The van der Waals surface area contributed by atoms with Crippen LogP contribution in [-0.2, 0) is 13.1 Å². The minimum Gasteiger partial charge on any atom is -0.356 e. The van der Waals surface area contributed by atoms with Gasteiger partial charge < -0.3 is 15.5 Å². The molecular weight excluding hydrogens is 366 g/mol. The molecule has 150 valence electrons. The number of urea groups is 1. The van der Waals surface area contributed by atoms with Gasteiger partial charge in [-0.25, -0.2) is 19.4 Å². The van der Waals surface area contributed by atoms with Crippen LogP contribution in [-0.4, -0.2) is 38.9 Å². The van der Waals surface area contributed by atoms with Gasteiger partial charge in [0.25, 0.3) is 0 Å². The summed E-state index contributed by atoms with van der Waals surface area (Å²) in [5, 5.41) is 10.0. The Hall–Kier alpha value is -3.42. The lowest BCUT2D eigenvalue weighted by molar-refractivity contribution is 0.240. The third-order valence-corrected chi connectivity index (χ3v) is 4.96. The highest BCUT2D eigenvalue weighted by Crippen LogP contribution is 2.21. The molecule has 1 fully saturated rings. The van der Waals surface area contributed by atoms with Crippen molar-refractivity contribution in [3.8, 4) is 5.82 Å². The van der Waals surface area contributed by atoms with Gasteiger partial charge in [0.1, 0.15) is 5.82 Å². The van der Waals surface area contributed by atoms with Crippen LogP contribution in [0.4, 0.5) is 10.6 Å². The van der Waals surface area contributed by atoms with E-state index >= 15 is 0 Å². The van der Waals surface area contributed by atoms with Gasteiger partial charge in [-0.1, -0.05) is 6.07 Å². The van der Waals surface area contributed by atoms with E-state index in [2.05, 4.69) is 30.6 Å². The fourth-order valence-corrected chi connectivity index (χ4v) is 3.48. The molecule has 3 aromatic heterocycles. The van der Waals surface area contributed by atoms with E-state index in [0.29, 0.717) is 13.1 Å². The summed E-state index contributed by atoms with van der Waals surface area (Å²) >= 11 is 0. The summed E-state index contributed by atoms with van der Waals surface area (Å²) < 4.78 is 1.69. The van der Waals surface area contributed by atoms with Gasteiger partial charge in [0.2, 0.25) is 0 Å². The Labute approximate surface area is 170 Å². The zero-order valence-electron chi connectivity index (χ0n) is 16.3. The van der Waals surface area contributed by atoms with Crippen LogP contribution in [0.25, 0.3) is 5.82 Å². The van der Waals surface area contributed by atoms with Crippen LogP contribution in [0.1, 0.15) is 30.4 Å². The molecule has 0 bridgehead atoms. The van der Waals surface area contributed by atoms with Crippen molar-refractivity contribution in [3.05, 3.63) is 66.2 Å². The van der Waals surface area contributed by atoms with Gasteiger partial charge >= 0.3 is 6.03 Å². The van der Waals surface area contributed by atoms with Gasteiger partial charge in [0.05, 0.1) is 0 Å². The SMILES string of the molecule is O=C(NCc1ccnc(-n2cccn2)c1)NCc1cccnc1N1CCCCC1. The van der Waals surface area contributed by atoms with Crippen LogP contribution in [0.5, 0.6) is 0 Å². The first-order chi connectivity index (χ1) is 14.3. The summed E-state index contributed by atoms with van der Waals surface area (Å²) in [7, 11) is 0. The zero-order chi connectivity index (χ0) is 19.9. The minimum absolute atomic E-state index is 0.212. The fraction of sp³-hybridized carbons (Fsp3) is 0.333. The Morgan fingerprint density at radius 3 is 2.66 bits per heavy atom. The Balaban J connectivity index is 1.32. The summed E-state index contributed by atoms with van der Waals surface area (Å²) in [5.41, 5.74) is 1.99. The molecule has 2 amide bonds. The lowest BCUT2D eigenvalue weighted by Gasteiger charge is -2.29. The quantitative estimate of drug-likeness (QED) is 0.674. The predicted octanol–water partition coefficient (Wildman–Crippen LogP) is 2.65. The van der Waals surface area contributed by atoms with E-state index in [0.717, 1.165) is 35.9 Å². The molecule has 0 aromatic carbocycles. The Morgan fingerprint density at radius 2 is 1.83 bits per heavy atom. The second kappa shape index (κ2) is 9.18. The number of carbonyl (C=O) groups excluding carboxylic acids is 1. The first-order valence-corrected chi connectivity index (χ1v) is 9.95. The standard InChI is InChI=1S/C21H25N7O/c29-21(24-15-17-7-10-22-19(14-17)28-13-5-9-26-28)25-16-18-6-4-8-23-20(18)27-11-2-1-3-12-27/h4-10,13-14H,1-3,11-12,15-16H2,(H2,24,25,29). The van der Waals surface area contributed by atoms with E-state index in [1.165, 1.54) is 19.3 Å². The van der Waals surface area contributed by atoms with Crippen LogP contribution >= 0.6 is 0 Å². The van der Waals surface area contributed by atoms with Crippen molar-refractivity contribution in [2.24, 2.45) is 0 Å². The van der Waals surface area contributed by atoms with Crippen LogP contribution in [0.3, 0.4) is 0 Å². The van der Waals surface area contributed by atoms with E-state index in [4.69, 9.17) is 0 Å². The number of carbonyl (C=O) groups is 1. The highest BCUT2D eigenvalue weighted by atomic mass is 16.2. The third-order valence-electron chi connectivity index (χ3n) is 4.96. The molecule has 4 rings (SSSR count). The van der Waals surface area contributed by atoms with Crippen LogP contribution in [0.15, 0.2) is 55.1 Å². The maximum atomic E-state index is 12.3. The highest BCUT2D eigenvalue weighted by Gasteiger charge is 2.15. The molecule has 0 aliphatic carbocycles.